The van der Waals surface area contributed by atoms with Crippen LogP contribution in [0.3, 0.4) is 0 Å². The fourth-order valence-corrected chi connectivity index (χ4v) is 1.81. The molecule has 0 aromatic rings. The maximum atomic E-state index is 11.5. The SMILES string of the molecule is CCC(CC)CNC(=O)CC(N)C1CC1. The molecule has 0 heterocycles. The molecule has 1 atom stereocenters. The van der Waals surface area contributed by atoms with Crippen molar-refractivity contribution in [3.63, 3.8) is 0 Å². The minimum Gasteiger partial charge on any atom is -0.356 e. The normalized spacial score (nSPS) is 17.9. The lowest BCUT2D eigenvalue weighted by molar-refractivity contribution is -0.121. The van der Waals surface area contributed by atoms with Crippen molar-refractivity contribution in [2.45, 2.75) is 52.0 Å². The third-order valence-electron chi connectivity index (χ3n) is 3.39. The van der Waals surface area contributed by atoms with Crippen LogP contribution in [0.15, 0.2) is 0 Å². The molecule has 3 heteroatoms. The maximum absolute atomic E-state index is 11.5. The summed E-state index contributed by atoms with van der Waals surface area (Å²) in [5, 5.41) is 2.98. The zero-order valence-electron chi connectivity index (χ0n) is 9.96. The van der Waals surface area contributed by atoms with Gasteiger partial charge in [0.2, 0.25) is 5.91 Å². The van der Waals surface area contributed by atoms with Crippen LogP contribution in [0.2, 0.25) is 0 Å². The van der Waals surface area contributed by atoms with E-state index in [1.165, 1.54) is 12.8 Å². The van der Waals surface area contributed by atoms with Gasteiger partial charge in [0.05, 0.1) is 0 Å². The summed E-state index contributed by atoms with van der Waals surface area (Å²) >= 11 is 0. The van der Waals surface area contributed by atoms with Gasteiger partial charge in [0.25, 0.3) is 0 Å². The van der Waals surface area contributed by atoms with Gasteiger partial charge in [-0.1, -0.05) is 26.7 Å². The van der Waals surface area contributed by atoms with Gasteiger partial charge in [0.15, 0.2) is 0 Å². The summed E-state index contributed by atoms with van der Waals surface area (Å²) in [5.74, 6) is 1.36. The van der Waals surface area contributed by atoms with E-state index in [0.29, 0.717) is 18.3 Å². The van der Waals surface area contributed by atoms with Crippen molar-refractivity contribution in [1.29, 1.82) is 0 Å². The summed E-state index contributed by atoms with van der Waals surface area (Å²) in [7, 11) is 0. The van der Waals surface area contributed by atoms with Crippen molar-refractivity contribution < 1.29 is 4.79 Å². The summed E-state index contributed by atoms with van der Waals surface area (Å²) in [6, 6.07) is 0.0895. The van der Waals surface area contributed by atoms with E-state index in [2.05, 4.69) is 19.2 Å². The quantitative estimate of drug-likeness (QED) is 0.674. The molecule has 0 saturated heterocycles. The number of hydrogen-bond donors (Lipinski definition) is 2. The Morgan fingerprint density at radius 1 is 1.40 bits per heavy atom. The van der Waals surface area contributed by atoms with E-state index < -0.39 is 0 Å². The van der Waals surface area contributed by atoms with Gasteiger partial charge in [-0.05, 0) is 24.7 Å². The van der Waals surface area contributed by atoms with Gasteiger partial charge >= 0.3 is 0 Å². The monoisotopic (exact) mass is 212 g/mol. The molecule has 1 rings (SSSR count). The Kier molecular flexibility index (Phi) is 5.09. The summed E-state index contributed by atoms with van der Waals surface area (Å²) < 4.78 is 0. The van der Waals surface area contributed by atoms with Crippen molar-refractivity contribution in [2.75, 3.05) is 6.54 Å². The zero-order chi connectivity index (χ0) is 11.3. The Bertz CT molecular complexity index is 198. The van der Waals surface area contributed by atoms with Gasteiger partial charge in [-0.2, -0.15) is 0 Å². The molecule has 0 aromatic carbocycles. The highest BCUT2D eigenvalue weighted by atomic mass is 16.1. The lowest BCUT2D eigenvalue weighted by Gasteiger charge is -2.15. The van der Waals surface area contributed by atoms with E-state index in [0.717, 1.165) is 19.4 Å². The molecule has 1 fully saturated rings. The highest BCUT2D eigenvalue weighted by Gasteiger charge is 2.29. The standard InChI is InChI=1S/C12H24N2O/c1-3-9(4-2)8-14-12(15)7-11(13)10-5-6-10/h9-11H,3-8,13H2,1-2H3,(H,14,15). The van der Waals surface area contributed by atoms with Crippen LogP contribution >= 0.6 is 0 Å². The molecular formula is C12H24N2O. The van der Waals surface area contributed by atoms with Crippen molar-refractivity contribution in [3.05, 3.63) is 0 Å². The first-order chi connectivity index (χ1) is 7.17. The van der Waals surface area contributed by atoms with Gasteiger partial charge in [0.1, 0.15) is 0 Å². The lowest BCUT2D eigenvalue weighted by atomic mass is 10.0. The van der Waals surface area contributed by atoms with Crippen LogP contribution in [0.25, 0.3) is 0 Å². The molecule has 0 bridgehead atoms. The van der Waals surface area contributed by atoms with E-state index >= 15 is 0 Å². The average molecular weight is 212 g/mol. The summed E-state index contributed by atoms with van der Waals surface area (Å²) in [6.45, 7) is 5.13. The topological polar surface area (TPSA) is 55.1 Å². The Labute approximate surface area is 92.8 Å². The molecule has 88 valence electrons. The Hall–Kier alpha value is -0.570. The zero-order valence-corrected chi connectivity index (χ0v) is 9.96. The van der Waals surface area contributed by atoms with Crippen LogP contribution in [-0.4, -0.2) is 18.5 Å². The molecule has 1 aliphatic carbocycles. The molecule has 15 heavy (non-hydrogen) atoms. The van der Waals surface area contributed by atoms with Crippen molar-refractivity contribution in [1.82, 2.24) is 5.32 Å². The van der Waals surface area contributed by atoms with Crippen LogP contribution in [0.5, 0.6) is 0 Å². The van der Waals surface area contributed by atoms with Crippen LogP contribution in [0, 0.1) is 11.8 Å². The number of nitrogens with one attached hydrogen (secondary N) is 1. The molecule has 1 saturated carbocycles. The number of carbonyl (C=O) groups is 1. The number of hydrogen-bond acceptors (Lipinski definition) is 2. The molecule has 0 spiro atoms. The van der Waals surface area contributed by atoms with Gasteiger partial charge in [-0.25, -0.2) is 0 Å². The summed E-state index contributed by atoms with van der Waals surface area (Å²) in [4.78, 5) is 11.5. The first-order valence-corrected chi connectivity index (χ1v) is 6.19. The second-order valence-electron chi connectivity index (χ2n) is 4.69. The Balaban J connectivity index is 2.11. The number of amides is 1. The predicted octanol–water partition coefficient (Wildman–Crippen LogP) is 1.67. The Morgan fingerprint density at radius 3 is 2.47 bits per heavy atom. The van der Waals surface area contributed by atoms with E-state index in [4.69, 9.17) is 5.73 Å². The van der Waals surface area contributed by atoms with Crippen molar-refractivity contribution in [3.8, 4) is 0 Å². The van der Waals surface area contributed by atoms with E-state index in [1.54, 1.807) is 0 Å². The van der Waals surface area contributed by atoms with Crippen LogP contribution in [0.1, 0.15) is 46.0 Å². The van der Waals surface area contributed by atoms with Crippen molar-refractivity contribution >= 4 is 5.91 Å². The minimum atomic E-state index is 0.0895. The van der Waals surface area contributed by atoms with Crippen LogP contribution < -0.4 is 11.1 Å². The first-order valence-electron chi connectivity index (χ1n) is 6.19. The average Bonchev–Trinajstić information content (AvgIpc) is 3.02. The molecule has 0 aromatic heterocycles. The highest BCUT2D eigenvalue weighted by molar-refractivity contribution is 5.76. The smallest absolute Gasteiger partial charge is 0.221 e. The largest absolute Gasteiger partial charge is 0.356 e. The summed E-state index contributed by atoms with van der Waals surface area (Å²) in [6.07, 6.45) is 5.18. The number of rotatable bonds is 7. The van der Waals surface area contributed by atoms with Gasteiger partial charge in [0, 0.05) is 19.0 Å². The predicted molar refractivity (Wildman–Crippen MR) is 62.4 cm³/mol. The fraction of sp³-hybridized carbons (Fsp3) is 0.917. The first kappa shape index (κ1) is 12.5. The second-order valence-corrected chi connectivity index (χ2v) is 4.69. The molecule has 1 amide bonds. The van der Waals surface area contributed by atoms with Crippen molar-refractivity contribution in [2.24, 2.45) is 17.6 Å². The molecule has 0 aliphatic heterocycles. The van der Waals surface area contributed by atoms with Gasteiger partial charge in [-0.3, -0.25) is 4.79 Å². The maximum Gasteiger partial charge on any atom is 0.221 e. The number of carbonyl (C=O) groups excluding carboxylic acids is 1. The molecule has 1 unspecified atom stereocenters. The lowest BCUT2D eigenvalue weighted by Crippen LogP contribution is -2.35. The summed E-state index contributed by atoms with van der Waals surface area (Å²) in [5.41, 5.74) is 5.89. The van der Waals surface area contributed by atoms with Gasteiger partial charge in [-0.15, -0.1) is 0 Å². The number of nitrogens with two attached hydrogens (primary N) is 1. The highest BCUT2D eigenvalue weighted by Crippen LogP contribution is 2.32. The van der Waals surface area contributed by atoms with E-state index in [9.17, 15) is 4.79 Å². The van der Waals surface area contributed by atoms with Crippen LogP contribution in [-0.2, 0) is 4.79 Å². The second kappa shape index (κ2) is 6.11. The van der Waals surface area contributed by atoms with E-state index in [1.807, 2.05) is 0 Å². The Morgan fingerprint density at radius 2 is 2.00 bits per heavy atom. The fourth-order valence-electron chi connectivity index (χ4n) is 1.81. The van der Waals surface area contributed by atoms with Gasteiger partial charge < -0.3 is 11.1 Å². The molecular weight excluding hydrogens is 188 g/mol. The molecule has 3 nitrogen and oxygen atoms in total. The molecule has 0 radical (unpaired) electrons. The third-order valence-corrected chi connectivity index (χ3v) is 3.39. The molecule has 1 aliphatic rings. The minimum absolute atomic E-state index is 0.0895. The van der Waals surface area contributed by atoms with Crippen LogP contribution in [0.4, 0.5) is 0 Å². The molecule has 3 N–H and O–H groups in total. The third kappa shape index (κ3) is 4.65. The van der Waals surface area contributed by atoms with E-state index in [-0.39, 0.29) is 11.9 Å².